The first-order valence-electron chi connectivity index (χ1n) is 11.7. The Kier molecular flexibility index (Phi) is 9.17. The van der Waals surface area contributed by atoms with Crippen molar-refractivity contribution in [3.63, 3.8) is 0 Å². The molecule has 0 radical (unpaired) electrons. The summed E-state index contributed by atoms with van der Waals surface area (Å²) in [4.78, 5) is 0. The van der Waals surface area contributed by atoms with Crippen LogP contribution in [0, 0.1) is 5.92 Å². The Bertz CT molecular complexity index is 889. The van der Waals surface area contributed by atoms with Crippen molar-refractivity contribution in [2.75, 3.05) is 13.2 Å². The molecular weight excluding hydrogens is 378 g/mol. The summed E-state index contributed by atoms with van der Waals surface area (Å²) in [5.41, 5.74) is 5.62. The van der Waals surface area contributed by atoms with Crippen molar-refractivity contribution >= 4 is 0 Å². The van der Waals surface area contributed by atoms with E-state index < -0.39 is 0 Å². The zero-order valence-electron chi connectivity index (χ0n) is 19.3. The molecule has 31 heavy (non-hydrogen) atoms. The summed E-state index contributed by atoms with van der Waals surface area (Å²) in [5, 5.41) is 3.49. The normalized spacial score (nSPS) is 12.1. The second kappa shape index (κ2) is 12.3. The highest BCUT2D eigenvalue weighted by atomic mass is 16.5. The molecule has 3 rings (SSSR count). The fourth-order valence-corrected chi connectivity index (χ4v) is 3.75. The van der Waals surface area contributed by atoms with Crippen LogP contribution in [0.1, 0.15) is 43.0 Å². The van der Waals surface area contributed by atoms with E-state index in [1.807, 2.05) is 0 Å². The van der Waals surface area contributed by atoms with Crippen molar-refractivity contribution in [3.8, 4) is 5.75 Å². The summed E-state index contributed by atoms with van der Waals surface area (Å²) in [7, 11) is 0. The van der Waals surface area contributed by atoms with Crippen molar-refractivity contribution < 1.29 is 4.74 Å². The molecule has 1 unspecified atom stereocenters. The molecule has 0 amide bonds. The molecule has 0 saturated carbocycles. The number of hydrogen-bond donors (Lipinski definition) is 1. The van der Waals surface area contributed by atoms with Gasteiger partial charge in [0.15, 0.2) is 0 Å². The minimum Gasteiger partial charge on any atom is -0.493 e. The van der Waals surface area contributed by atoms with Crippen molar-refractivity contribution in [1.29, 1.82) is 0 Å². The van der Waals surface area contributed by atoms with Crippen LogP contribution in [0.4, 0.5) is 0 Å². The van der Waals surface area contributed by atoms with E-state index >= 15 is 0 Å². The van der Waals surface area contributed by atoms with Gasteiger partial charge in [-0.1, -0.05) is 87.5 Å². The van der Waals surface area contributed by atoms with Gasteiger partial charge >= 0.3 is 0 Å². The van der Waals surface area contributed by atoms with Crippen LogP contribution in [0.3, 0.4) is 0 Å². The molecule has 0 spiro atoms. The van der Waals surface area contributed by atoms with Gasteiger partial charge in [0.25, 0.3) is 0 Å². The first-order chi connectivity index (χ1) is 15.1. The maximum atomic E-state index is 6.17. The Morgan fingerprint density at radius 2 is 1.26 bits per heavy atom. The van der Waals surface area contributed by atoms with Gasteiger partial charge in [0, 0.05) is 18.5 Å². The molecule has 1 atom stereocenters. The van der Waals surface area contributed by atoms with Gasteiger partial charge in [0.2, 0.25) is 0 Å². The largest absolute Gasteiger partial charge is 0.493 e. The van der Waals surface area contributed by atoms with E-state index in [0.29, 0.717) is 12.0 Å². The van der Waals surface area contributed by atoms with Gasteiger partial charge in [0.05, 0.1) is 6.61 Å². The summed E-state index contributed by atoms with van der Waals surface area (Å²) < 4.78 is 6.17. The van der Waals surface area contributed by atoms with E-state index in [9.17, 15) is 0 Å². The van der Waals surface area contributed by atoms with Crippen molar-refractivity contribution in [2.45, 2.75) is 52.5 Å². The van der Waals surface area contributed by atoms with Gasteiger partial charge < -0.3 is 10.1 Å². The summed E-state index contributed by atoms with van der Waals surface area (Å²) in [6.07, 6.45) is 4.22. The zero-order chi connectivity index (χ0) is 21.9. The second-order valence-electron chi connectivity index (χ2n) is 8.88. The molecule has 0 aromatic heterocycles. The molecule has 2 nitrogen and oxygen atoms in total. The SMILES string of the molecule is CC(CNC(C)C)COc1ccc(CCc2ccccc2)c(CCc2ccccc2)c1. The predicted octanol–water partition coefficient (Wildman–Crippen LogP) is 6.27. The van der Waals surface area contributed by atoms with E-state index in [4.69, 9.17) is 4.74 Å². The molecule has 0 fully saturated rings. The molecule has 164 valence electrons. The van der Waals surface area contributed by atoms with Crippen LogP contribution >= 0.6 is 0 Å². The predicted molar refractivity (Wildman–Crippen MR) is 132 cm³/mol. The standard InChI is InChI=1S/C29H37NO/c1-23(2)30-21-24(3)22-31-29-19-18-27(16-14-25-10-6-4-7-11-25)28(20-29)17-15-26-12-8-5-9-13-26/h4-13,18-20,23-24,30H,14-17,21-22H2,1-3H3. The van der Waals surface area contributed by atoms with Gasteiger partial charge in [-0.05, 0) is 60.1 Å². The van der Waals surface area contributed by atoms with E-state index in [-0.39, 0.29) is 0 Å². The maximum Gasteiger partial charge on any atom is 0.119 e. The Morgan fingerprint density at radius 3 is 1.84 bits per heavy atom. The summed E-state index contributed by atoms with van der Waals surface area (Å²) in [6.45, 7) is 8.32. The van der Waals surface area contributed by atoms with Crippen LogP contribution in [0.15, 0.2) is 78.9 Å². The molecule has 0 aliphatic carbocycles. The quantitative estimate of drug-likeness (QED) is 0.376. The number of rotatable bonds is 12. The fourth-order valence-electron chi connectivity index (χ4n) is 3.75. The van der Waals surface area contributed by atoms with E-state index in [0.717, 1.165) is 44.6 Å². The van der Waals surface area contributed by atoms with Crippen LogP contribution in [-0.2, 0) is 25.7 Å². The Hall–Kier alpha value is -2.58. The molecule has 1 N–H and O–H groups in total. The van der Waals surface area contributed by atoms with E-state index in [1.165, 1.54) is 22.3 Å². The minimum atomic E-state index is 0.480. The summed E-state index contributed by atoms with van der Waals surface area (Å²) >= 11 is 0. The molecule has 0 saturated heterocycles. The third-order valence-corrected chi connectivity index (χ3v) is 5.64. The Morgan fingerprint density at radius 1 is 0.677 bits per heavy atom. The van der Waals surface area contributed by atoms with Crippen LogP contribution in [-0.4, -0.2) is 19.2 Å². The van der Waals surface area contributed by atoms with Crippen molar-refractivity contribution in [2.24, 2.45) is 5.92 Å². The number of ether oxygens (including phenoxy) is 1. The highest BCUT2D eigenvalue weighted by molar-refractivity contribution is 5.37. The van der Waals surface area contributed by atoms with Crippen molar-refractivity contribution in [1.82, 2.24) is 5.32 Å². The molecule has 3 aromatic carbocycles. The smallest absolute Gasteiger partial charge is 0.119 e. The summed E-state index contributed by atoms with van der Waals surface area (Å²) in [6, 6.07) is 28.7. The lowest BCUT2D eigenvalue weighted by atomic mass is 9.95. The van der Waals surface area contributed by atoms with Crippen LogP contribution in [0.2, 0.25) is 0 Å². The van der Waals surface area contributed by atoms with Crippen LogP contribution < -0.4 is 10.1 Å². The number of benzene rings is 3. The highest BCUT2D eigenvalue weighted by Crippen LogP contribution is 2.22. The fraction of sp³-hybridized carbons (Fsp3) is 0.379. The van der Waals surface area contributed by atoms with Gasteiger partial charge in [-0.3, -0.25) is 0 Å². The van der Waals surface area contributed by atoms with E-state index in [1.54, 1.807) is 0 Å². The number of hydrogen-bond acceptors (Lipinski definition) is 2. The van der Waals surface area contributed by atoms with Crippen molar-refractivity contribution in [3.05, 3.63) is 101 Å². The molecule has 0 bridgehead atoms. The molecule has 0 heterocycles. The molecule has 0 aliphatic heterocycles. The first-order valence-corrected chi connectivity index (χ1v) is 11.7. The third kappa shape index (κ3) is 8.22. The monoisotopic (exact) mass is 415 g/mol. The highest BCUT2D eigenvalue weighted by Gasteiger charge is 2.09. The van der Waals surface area contributed by atoms with Gasteiger partial charge in [-0.2, -0.15) is 0 Å². The van der Waals surface area contributed by atoms with Crippen LogP contribution in [0.25, 0.3) is 0 Å². The van der Waals surface area contributed by atoms with Crippen LogP contribution in [0.5, 0.6) is 5.75 Å². The first kappa shape index (κ1) is 23.1. The maximum absolute atomic E-state index is 6.17. The number of nitrogens with one attached hydrogen (secondary N) is 1. The lowest BCUT2D eigenvalue weighted by Gasteiger charge is -2.17. The Labute approximate surface area is 188 Å². The molecular formula is C29H37NO. The zero-order valence-corrected chi connectivity index (χ0v) is 19.3. The third-order valence-electron chi connectivity index (χ3n) is 5.64. The molecule has 2 heteroatoms. The Balaban J connectivity index is 1.66. The minimum absolute atomic E-state index is 0.480. The van der Waals surface area contributed by atoms with E-state index in [2.05, 4.69) is 105 Å². The van der Waals surface area contributed by atoms with Gasteiger partial charge in [0.1, 0.15) is 5.75 Å². The van der Waals surface area contributed by atoms with Gasteiger partial charge in [-0.15, -0.1) is 0 Å². The van der Waals surface area contributed by atoms with Gasteiger partial charge in [-0.25, -0.2) is 0 Å². The lowest BCUT2D eigenvalue weighted by Crippen LogP contribution is -2.30. The lowest BCUT2D eigenvalue weighted by molar-refractivity contribution is 0.253. The molecule has 3 aromatic rings. The topological polar surface area (TPSA) is 21.3 Å². The average Bonchev–Trinajstić information content (AvgIpc) is 2.80. The molecule has 0 aliphatic rings. The summed E-state index contributed by atoms with van der Waals surface area (Å²) in [5.74, 6) is 1.47. The number of aryl methyl sites for hydroxylation is 4. The second-order valence-corrected chi connectivity index (χ2v) is 8.88. The average molecular weight is 416 g/mol.